The molecule has 3 nitrogen and oxygen atoms in total. The zero-order valence-corrected chi connectivity index (χ0v) is 10.7. The summed E-state index contributed by atoms with van der Waals surface area (Å²) in [6.45, 7) is 5.53. The quantitative estimate of drug-likeness (QED) is 0.730. The zero-order chi connectivity index (χ0) is 14.4. The predicted octanol–water partition coefficient (Wildman–Crippen LogP) is 3.68. The molecule has 0 saturated carbocycles. The average molecular weight is 267 g/mol. The Bertz CT molecular complexity index is 669. The summed E-state index contributed by atoms with van der Waals surface area (Å²) in [5, 5.41) is 8.91. The third kappa shape index (κ3) is 2.16. The molecule has 2 heterocycles. The second-order valence-electron chi connectivity index (χ2n) is 5.25. The highest BCUT2D eigenvalue weighted by Crippen LogP contribution is 2.37. The van der Waals surface area contributed by atoms with Crippen molar-refractivity contribution < 1.29 is 13.2 Å². The van der Waals surface area contributed by atoms with E-state index in [9.17, 15) is 13.2 Å². The number of hydrogen-bond donors (Lipinski definition) is 0. The average Bonchev–Trinajstić information content (AvgIpc) is 2.65. The van der Waals surface area contributed by atoms with Gasteiger partial charge in [-0.15, -0.1) is 0 Å². The Morgan fingerprint density at radius 2 is 1.89 bits per heavy atom. The van der Waals surface area contributed by atoms with Crippen molar-refractivity contribution in [2.24, 2.45) is 0 Å². The van der Waals surface area contributed by atoms with E-state index in [2.05, 4.69) is 4.98 Å². The van der Waals surface area contributed by atoms with Gasteiger partial charge in [0.25, 0.3) is 0 Å². The molecule has 0 atom stereocenters. The van der Waals surface area contributed by atoms with Crippen LogP contribution in [0.4, 0.5) is 13.2 Å². The number of nitrogens with zero attached hydrogens (tertiary/aromatic N) is 3. The lowest BCUT2D eigenvalue weighted by Gasteiger charge is -2.22. The van der Waals surface area contributed by atoms with Crippen LogP contribution in [-0.2, 0) is 11.7 Å². The second kappa shape index (κ2) is 3.98. The van der Waals surface area contributed by atoms with E-state index in [1.165, 1.54) is 6.20 Å². The minimum Gasteiger partial charge on any atom is -0.326 e. The largest absolute Gasteiger partial charge is 0.417 e. The molecule has 100 valence electrons. The molecule has 2 aromatic heterocycles. The molecule has 0 spiro atoms. The molecule has 0 aliphatic carbocycles. The second-order valence-corrected chi connectivity index (χ2v) is 5.25. The van der Waals surface area contributed by atoms with E-state index in [1.54, 1.807) is 4.57 Å². The lowest BCUT2D eigenvalue weighted by Crippen LogP contribution is -2.21. The van der Waals surface area contributed by atoms with Crippen LogP contribution in [0.25, 0.3) is 11.0 Å². The summed E-state index contributed by atoms with van der Waals surface area (Å²) < 4.78 is 40.6. The molecule has 0 radical (unpaired) electrons. The van der Waals surface area contributed by atoms with Gasteiger partial charge in [-0.25, -0.2) is 4.98 Å². The van der Waals surface area contributed by atoms with E-state index >= 15 is 0 Å². The Balaban J connectivity index is 2.92. The van der Waals surface area contributed by atoms with E-state index < -0.39 is 17.3 Å². The third-order valence-electron chi connectivity index (χ3n) is 2.84. The maximum absolute atomic E-state index is 13.0. The van der Waals surface area contributed by atoms with Crippen LogP contribution >= 0.6 is 0 Å². The van der Waals surface area contributed by atoms with Gasteiger partial charge in [0.15, 0.2) is 0 Å². The van der Waals surface area contributed by atoms with E-state index in [1.807, 2.05) is 26.8 Å². The lowest BCUT2D eigenvalue weighted by atomic mass is 10.1. The first kappa shape index (κ1) is 13.4. The molecular formula is C13H12F3N3. The SMILES string of the molecule is CC(C)(C)n1cc(C#N)c2c(C(F)(F)F)ccnc21. The van der Waals surface area contributed by atoms with Crippen LogP contribution in [0, 0.1) is 11.3 Å². The fourth-order valence-corrected chi connectivity index (χ4v) is 1.99. The van der Waals surface area contributed by atoms with E-state index in [0.717, 1.165) is 12.3 Å². The van der Waals surface area contributed by atoms with E-state index in [0.29, 0.717) is 0 Å². The molecule has 19 heavy (non-hydrogen) atoms. The van der Waals surface area contributed by atoms with Gasteiger partial charge in [0.05, 0.1) is 11.1 Å². The number of pyridine rings is 1. The van der Waals surface area contributed by atoms with Gasteiger partial charge in [0.2, 0.25) is 0 Å². The molecular weight excluding hydrogens is 255 g/mol. The number of rotatable bonds is 0. The summed E-state index contributed by atoms with van der Waals surface area (Å²) in [7, 11) is 0. The topological polar surface area (TPSA) is 41.6 Å². The minimum atomic E-state index is -4.50. The summed E-state index contributed by atoms with van der Waals surface area (Å²) >= 11 is 0. The van der Waals surface area contributed by atoms with Gasteiger partial charge in [-0.1, -0.05) is 0 Å². The van der Waals surface area contributed by atoms with Crippen molar-refractivity contribution in [1.29, 1.82) is 5.26 Å². The van der Waals surface area contributed by atoms with E-state index in [4.69, 9.17) is 5.26 Å². The smallest absolute Gasteiger partial charge is 0.326 e. The normalized spacial score (nSPS) is 12.7. The van der Waals surface area contributed by atoms with Gasteiger partial charge >= 0.3 is 6.18 Å². The highest BCUT2D eigenvalue weighted by atomic mass is 19.4. The fourth-order valence-electron chi connectivity index (χ4n) is 1.99. The zero-order valence-electron chi connectivity index (χ0n) is 10.7. The number of aromatic nitrogens is 2. The first-order valence-electron chi connectivity index (χ1n) is 5.64. The number of nitriles is 1. The molecule has 2 rings (SSSR count). The summed E-state index contributed by atoms with van der Waals surface area (Å²) in [6, 6.07) is 2.71. The first-order chi connectivity index (χ1) is 8.66. The molecule has 0 fully saturated rings. The standard InChI is InChI=1S/C13H12F3N3/c1-12(2,3)19-7-8(6-17)10-9(13(14,15)16)4-5-18-11(10)19/h4-5,7H,1-3H3. The highest BCUT2D eigenvalue weighted by molar-refractivity contribution is 5.87. The van der Waals surface area contributed by atoms with Crippen molar-refractivity contribution in [3.8, 4) is 6.07 Å². The van der Waals surface area contributed by atoms with Crippen molar-refractivity contribution in [1.82, 2.24) is 9.55 Å². The highest BCUT2D eigenvalue weighted by Gasteiger charge is 2.35. The van der Waals surface area contributed by atoms with Crippen LogP contribution in [0.15, 0.2) is 18.5 Å². The summed E-state index contributed by atoms with van der Waals surface area (Å²) in [4.78, 5) is 4.00. The molecule has 0 aliphatic heterocycles. The van der Waals surface area contributed by atoms with Crippen LogP contribution < -0.4 is 0 Å². The Morgan fingerprint density at radius 3 is 2.37 bits per heavy atom. The number of halogens is 3. The van der Waals surface area contributed by atoms with Gasteiger partial charge in [0.1, 0.15) is 11.7 Å². The van der Waals surface area contributed by atoms with Gasteiger partial charge in [0, 0.05) is 23.3 Å². The maximum Gasteiger partial charge on any atom is 0.417 e. The summed E-state index contributed by atoms with van der Waals surface area (Å²) in [5.41, 5.74) is -1.11. The Labute approximate surface area is 108 Å². The molecule has 6 heteroatoms. The Hall–Kier alpha value is -2.03. The van der Waals surface area contributed by atoms with Gasteiger partial charge in [-0.05, 0) is 26.8 Å². The summed E-state index contributed by atoms with van der Waals surface area (Å²) in [6.07, 6.45) is -1.96. The van der Waals surface area contributed by atoms with Gasteiger partial charge in [-0.2, -0.15) is 18.4 Å². The van der Waals surface area contributed by atoms with Crippen molar-refractivity contribution in [3.05, 3.63) is 29.6 Å². The van der Waals surface area contributed by atoms with Crippen molar-refractivity contribution in [2.45, 2.75) is 32.5 Å². The summed E-state index contributed by atoms with van der Waals surface area (Å²) in [5.74, 6) is 0. The number of hydrogen-bond acceptors (Lipinski definition) is 2. The van der Waals surface area contributed by atoms with Crippen LogP contribution in [0.2, 0.25) is 0 Å². The van der Waals surface area contributed by atoms with E-state index in [-0.39, 0.29) is 16.6 Å². The predicted molar refractivity (Wildman–Crippen MR) is 64.4 cm³/mol. The van der Waals surface area contributed by atoms with Gasteiger partial charge < -0.3 is 4.57 Å². The number of fused-ring (bicyclic) bond motifs is 1. The molecule has 0 aromatic carbocycles. The number of alkyl halides is 3. The monoisotopic (exact) mass is 267 g/mol. The van der Waals surface area contributed by atoms with Crippen LogP contribution in [-0.4, -0.2) is 9.55 Å². The minimum absolute atomic E-state index is 0.00894. The molecule has 0 aliphatic rings. The maximum atomic E-state index is 13.0. The van der Waals surface area contributed by atoms with Crippen LogP contribution in [0.1, 0.15) is 31.9 Å². The van der Waals surface area contributed by atoms with Crippen molar-refractivity contribution >= 4 is 11.0 Å². The molecule has 0 amide bonds. The molecule has 2 aromatic rings. The molecule has 0 unspecified atom stereocenters. The van der Waals surface area contributed by atoms with Gasteiger partial charge in [-0.3, -0.25) is 0 Å². The molecule has 0 bridgehead atoms. The molecule has 0 saturated heterocycles. The Morgan fingerprint density at radius 1 is 1.26 bits per heavy atom. The molecule has 0 N–H and O–H groups in total. The van der Waals surface area contributed by atoms with Crippen molar-refractivity contribution in [3.63, 3.8) is 0 Å². The van der Waals surface area contributed by atoms with Crippen molar-refractivity contribution in [2.75, 3.05) is 0 Å². The fraction of sp³-hybridized carbons (Fsp3) is 0.385. The van der Waals surface area contributed by atoms with Crippen LogP contribution in [0.3, 0.4) is 0 Å². The third-order valence-corrected chi connectivity index (χ3v) is 2.84. The lowest BCUT2D eigenvalue weighted by molar-refractivity contribution is -0.136. The van der Waals surface area contributed by atoms with Crippen LogP contribution in [0.5, 0.6) is 0 Å². The Kier molecular flexibility index (Phi) is 2.81. The first-order valence-corrected chi connectivity index (χ1v) is 5.64.